The first-order valence-electron chi connectivity index (χ1n) is 7.94. The largest absolute Gasteiger partial charge is 0.300 e. The molecule has 0 heterocycles. The zero-order valence-electron chi connectivity index (χ0n) is 12.8. The molecule has 0 aromatic heterocycles. The van der Waals surface area contributed by atoms with Gasteiger partial charge in [-0.2, -0.15) is 0 Å². The lowest BCUT2D eigenvalue weighted by Gasteiger charge is -2.07. The zero-order chi connectivity index (χ0) is 14.3. The third-order valence-corrected chi connectivity index (χ3v) is 3.51. The van der Waals surface area contributed by atoms with Crippen LogP contribution in [0.4, 0.5) is 0 Å². The van der Waals surface area contributed by atoms with Gasteiger partial charge >= 0.3 is 0 Å². The topological polar surface area (TPSA) is 17.1 Å². The predicted octanol–water partition coefficient (Wildman–Crippen LogP) is 5.85. The van der Waals surface area contributed by atoms with E-state index in [4.69, 9.17) is 0 Å². The summed E-state index contributed by atoms with van der Waals surface area (Å²) in [6.07, 6.45) is 16.3. The molecule has 0 bridgehead atoms. The second-order valence-corrected chi connectivity index (χ2v) is 5.67. The van der Waals surface area contributed by atoms with Crippen LogP contribution in [0.25, 0.3) is 0 Å². The van der Waals surface area contributed by atoms with Crippen molar-refractivity contribution in [3.05, 3.63) is 25.3 Å². The molecular formula is C18H32O. The van der Waals surface area contributed by atoms with Gasteiger partial charge < -0.3 is 0 Å². The molecule has 0 saturated carbocycles. The molecule has 0 rings (SSSR count). The molecule has 1 nitrogen and oxygen atoms in total. The van der Waals surface area contributed by atoms with Gasteiger partial charge in [-0.1, -0.05) is 51.2 Å². The lowest BCUT2D eigenvalue weighted by Crippen LogP contribution is -2.04. The van der Waals surface area contributed by atoms with Crippen molar-refractivity contribution in [2.75, 3.05) is 0 Å². The number of ketones is 1. The average Bonchev–Trinajstić information content (AvgIpc) is 2.37. The Bertz CT molecular complexity index is 242. The van der Waals surface area contributed by atoms with Crippen LogP contribution in [0.5, 0.6) is 0 Å². The van der Waals surface area contributed by atoms with Crippen molar-refractivity contribution < 1.29 is 4.79 Å². The minimum Gasteiger partial charge on any atom is -0.300 e. The van der Waals surface area contributed by atoms with E-state index in [1.54, 1.807) is 0 Å². The highest BCUT2D eigenvalue weighted by molar-refractivity contribution is 5.78. The fraction of sp³-hybridized carbons (Fsp3) is 0.722. The fourth-order valence-corrected chi connectivity index (χ4v) is 2.35. The summed E-state index contributed by atoms with van der Waals surface area (Å²) < 4.78 is 0. The van der Waals surface area contributed by atoms with Gasteiger partial charge in [0.15, 0.2) is 0 Å². The molecule has 0 aliphatic rings. The molecule has 0 aromatic carbocycles. The van der Waals surface area contributed by atoms with E-state index in [0.29, 0.717) is 11.7 Å². The Hall–Kier alpha value is -0.850. The maximum atomic E-state index is 11.7. The molecule has 0 aliphatic carbocycles. The third-order valence-electron chi connectivity index (χ3n) is 3.51. The van der Waals surface area contributed by atoms with Crippen molar-refractivity contribution in [2.24, 2.45) is 5.92 Å². The molecule has 0 N–H and O–H groups in total. The number of Topliss-reactive ketones (excluding diaryl/α,β-unsaturated/α-hetero) is 1. The van der Waals surface area contributed by atoms with Gasteiger partial charge in [0, 0.05) is 12.8 Å². The first-order chi connectivity index (χ1) is 9.20. The van der Waals surface area contributed by atoms with E-state index in [-0.39, 0.29) is 0 Å². The molecule has 0 fully saturated rings. The van der Waals surface area contributed by atoms with Crippen LogP contribution in [-0.2, 0) is 4.79 Å². The standard InChI is InChI=1S/C18H32O/c1-4-6-7-8-9-10-11-12-13-15-18(19)16-17(3)14-5-2/h4-5,17H,1-2,6-16H2,3H3/t17-/m1/s1. The Morgan fingerprint density at radius 3 is 2.11 bits per heavy atom. The zero-order valence-corrected chi connectivity index (χ0v) is 12.8. The Morgan fingerprint density at radius 1 is 0.947 bits per heavy atom. The van der Waals surface area contributed by atoms with Gasteiger partial charge in [0.1, 0.15) is 5.78 Å². The summed E-state index contributed by atoms with van der Waals surface area (Å²) in [4.78, 5) is 11.7. The van der Waals surface area contributed by atoms with Crippen molar-refractivity contribution >= 4 is 5.78 Å². The minimum absolute atomic E-state index is 0.431. The van der Waals surface area contributed by atoms with Gasteiger partial charge in [0.05, 0.1) is 0 Å². The average molecular weight is 264 g/mol. The van der Waals surface area contributed by atoms with E-state index in [1.165, 1.54) is 38.5 Å². The number of carbonyl (C=O) groups excluding carboxylic acids is 1. The Kier molecular flexibility index (Phi) is 13.0. The Morgan fingerprint density at radius 2 is 1.53 bits per heavy atom. The molecule has 1 heteroatoms. The fourth-order valence-electron chi connectivity index (χ4n) is 2.35. The monoisotopic (exact) mass is 264 g/mol. The summed E-state index contributed by atoms with van der Waals surface area (Å²) in [6, 6.07) is 0. The summed E-state index contributed by atoms with van der Waals surface area (Å²) >= 11 is 0. The summed E-state index contributed by atoms with van der Waals surface area (Å²) in [5.74, 6) is 0.898. The Balaban J connectivity index is 3.27. The second kappa shape index (κ2) is 13.6. The molecule has 0 aliphatic heterocycles. The lowest BCUT2D eigenvalue weighted by atomic mass is 9.98. The minimum atomic E-state index is 0.431. The normalized spacial score (nSPS) is 12.1. The molecule has 110 valence electrons. The van der Waals surface area contributed by atoms with E-state index in [2.05, 4.69) is 20.1 Å². The molecule has 0 saturated heterocycles. The first-order valence-corrected chi connectivity index (χ1v) is 7.94. The highest BCUT2D eigenvalue weighted by Gasteiger charge is 2.07. The number of hydrogen-bond acceptors (Lipinski definition) is 1. The van der Waals surface area contributed by atoms with E-state index in [9.17, 15) is 4.79 Å². The van der Waals surface area contributed by atoms with Crippen LogP contribution in [0, 0.1) is 5.92 Å². The summed E-state index contributed by atoms with van der Waals surface area (Å²) in [6.45, 7) is 9.57. The molecule has 0 unspecified atom stereocenters. The predicted molar refractivity (Wildman–Crippen MR) is 85.4 cm³/mol. The number of unbranched alkanes of at least 4 members (excludes halogenated alkanes) is 7. The van der Waals surface area contributed by atoms with Crippen LogP contribution in [-0.4, -0.2) is 5.78 Å². The number of carbonyl (C=O) groups is 1. The van der Waals surface area contributed by atoms with Crippen molar-refractivity contribution in [1.82, 2.24) is 0 Å². The lowest BCUT2D eigenvalue weighted by molar-refractivity contribution is -0.119. The first kappa shape index (κ1) is 18.1. The number of hydrogen-bond donors (Lipinski definition) is 0. The molecule has 0 spiro atoms. The van der Waals surface area contributed by atoms with Gasteiger partial charge in [-0.05, 0) is 31.6 Å². The summed E-state index contributed by atoms with van der Waals surface area (Å²) in [5.41, 5.74) is 0. The summed E-state index contributed by atoms with van der Waals surface area (Å²) in [5, 5.41) is 0. The molecule has 1 atom stereocenters. The van der Waals surface area contributed by atoms with Crippen molar-refractivity contribution in [3.63, 3.8) is 0 Å². The van der Waals surface area contributed by atoms with Crippen molar-refractivity contribution in [3.8, 4) is 0 Å². The van der Waals surface area contributed by atoms with E-state index >= 15 is 0 Å². The molecular weight excluding hydrogens is 232 g/mol. The molecule has 0 amide bonds. The van der Waals surface area contributed by atoms with E-state index in [1.807, 2.05) is 12.2 Å². The third kappa shape index (κ3) is 13.4. The van der Waals surface area contributed by atoms with Crippen LogP contribution in [0.15, 0.2) is 25.3 Å². The number of allylic oxidation sites excluding steroid dienone is 2. The molecule has 0 radical (unpaired) electrons. The SMILES string of the molecule is C=CCCCCCCCCCC(=O)C[C@H](C)CC=C. The maximum absolute atomic E-state index is 11.7. The van der Waals surface area contributed by atoms with Crippen LogP contribution in [0.1, 0.15) is 77.6 Å². The van der Waals surface area contributed by atoms with Crippen molar-refractivity contribution in [1.29, 1.82) is 0 Å². The number of rotatable bonds is 14. The van der Waals surface area contributed by atoms with Crippen LogP contribution < -0.4 is 0 Å². The molecule has 0 aromatic rings. The molecule has 19 heavy (non-hydrogen) atoms. The van der Waals surface area contributed by atoms with Crippen molar-refractivity contribution in [2.45, 2.75) is 77.6 Å². The maximum Gasteiger partial charge on any atom is 0.133 e. The van der Waals surface area contributed by atoms with Crippen LogP contribution in [0.2, 0.25) is 0 Å². The van der Waals surface area contributed by atoms with Gasteiger partial charge in [-0.15, -0.1) is 13.2 Å². The van der Waals surface area contributed by atoms with Crippen LogP contribution in [0.3, 0.4) is 0 Å². The highest BCUT2D eigenvalue weighted by atomic mass is 16.1. The Labute approximate surface area is 120 Å². The van der Waals surface area contributed by atoms with E-state index < -0.39 is 0 Å². The van der Waals surface area contributed by atoms with Crippen LogP contribution >= 0.6 is 0 Å². The van der Waals surface area contributed by atoms with E-state index in [0.717, 1.165) is 32.1 Å². The second-order valence-electron chi connectivity index (χ2n) is 5.67. The smallest absolute Gasteiger partial charge is 0.133 e. The van der Waals surface area contributed by atoms with Gasteiger partial charge in [0.25, 0.3) is 0 Å². The quantitative estimate of drug-likeness (QED) is 0.284. The summed E-state index contributed by atoms with van der Waals surface area (Å²) in [7, 11) is 0. The highest BCUT2D eigenvalue weighted by Crippen LogP contribution is 2.13. The van der Waals surface area contributed by atoms with Gasteiger partial charge in [-0.25, -0.2) is 0 Å². The van der Waals surface area contributed by atoms with Gasteiger partial charge in [0.2, 0.25) is 0 Å². The van der Waals surface area contributed by atoms with Gasteiger partial charge in [-0.3, -0.25) is 4.79 Å².